The van der Waals surface area contributed by atoms with Gasteiger partial charge in [-0.25, -0.2) is 0 Å². The molecule has 1 aromatic heterocycles. The maximum atomic E-state index is 11.0. The van der Waals surface area contributed by atoms with Crippen LogP contribution in [0.1, 0.15) is 31.5 Å². The fourth-order valence-corrected chi connectivity index (χ4v) is 1.14. The Bertz CT molecular complexity index is 349. The average molecular weight is 227 g/mol. The zero-order chi connectivity index (χ0) is 12.1. The molecule has 0 bridgehead atoms. The van der Waals surface area contributed by atoms with Crippen molar-refractivity contribution in [3.05, 3.63) is 11.7 Å². The summed E-state index contributed by atoms with van der Waals surface area (Å²) in [5.74, 6) is 1.14. The first kappa shape index (κ1) is 12.6. The SMILES string of the molecule is COC(=O)CN(C)Cc1nc(C(C)C)no1. The van der Waals surface area contributed by atoms with Crippen LogP contribution in [0.4, 0.5) is 0 Å². The molecule has 16 heavy (non-hydrogen) atoms. The highest BCUT2D eigenvalue weighted by molar-refractivity contribution is 5.71. The average Bonchev–Trinajstić information content (AvgIpc) is 2.65. The van der Waals surface area contributed by atoms with E-state index in [-0.39, 0.29) is 18.4 Å². The van der Waals surface area contributed by atoms with E-state index in [9.17, 15) is 4.79 Å². The standard InChI is InChI=1S/C10H17N3O3/c1-7(2)10-11-8(16-12-10)5-13(3)6-9(14)15-4/h7H,5-6H2,1-4H3. The summed E-state index contributed by atoms with van der Waals surface area (Å²) in [6.07, 6.45) is 0. The van der Waals surface area contributed by atoms with E-state index < -0.39 is 0 Å². The maximum absolute atomic E-state index is 11.0. The molecular formula is C10H17N3O3. The van der Waals surface area contributed by atoms with Gasteiger partial charge >= 0.3 is 5.97 Å². The molecule has 6 heteroatoms. The van der Waals surface area contributed by atoms with Crippen molar-refractivity contribution in [3.63, 3.8) is 0 Å². The zero-order valence-corrected chi connectivity index (χ0v) is 10.1. The van der Waals surface area contributed by atoms with Gasteiger partial charge in [0, 0.05) is 5.92 Å². The molecule has 0 saturated heterocycles. The number of aromatic nitrogens is 2. The summed E-state index contributed by atoms with van der Waals surface area (Å²) >= 11 is 0. The van der Waals surface area contributed by atoms with Gasteiger partial charge in [-0.15, -0.1) is 0 Å². The van der Waals surface area contributed by atoms with Crippen molar-refractivity contribution in [2.45, 2.75) is 26.3 Å². The van der Waals surface area contributed by atoms with Crippen LogP contribution in [-0.2, 0) is 16.1 Å². The van der Waals surface area contributed by atoms with Crippen LogP contribution in [0.3, 0.4) is 0 Å². The topological polar surface area (TPSA) is 68.5 Å². The molecule has 1 aromatic rings. The van der Waals surface area contributed by atoms with E-state index in [2.05, 4.69) is 14.9 Å². The largest absolute Gasteiger partial charge is 0.468 e. The van der Waals surface area contributed by atoms with Gasteiger partial charge in [0.15, 0.2) is 5.82 Å². The lowest BCUT2D eigenvalue weighted by atomic mass is 10.2. The zero-order valence-electron chi connectivity index (χ0n) is 10.1. The Balaban J connectivity index is 2.49. The summed E-state index contributed by atoms with van der Waals surface area (Å²) in [4.78, 5) is 17.0. The molecule has 1 heterocycles. The molecule has 90 valence electrons. The molecule has 0 aliphatic carbocycles. The second kappa shape index (κ2) is 5.60. The fourth-order valence-electron chi connectivity index (χ4n) is 1.14. The summed E-state index contributed by atoms with van der Waals surface area (Å²) in [5.41, 5.74) is 0. The quantitative estimate of drug-likeness (QED) is 0.693. The number of carbonyl (C=O) groups is 1. The number of likely N-dealkylation sites (N-methyl/N-ethyl adjacent to an activating group) is 1. The minimum Gasteiger partial charge on any atom is -0.468 e. The molecule has 0 saturated carbocycles. The van der Waals surface area contributed by atoms with Crippen molar-refractivity contribution in [2.75, 3.05) is 20.7 Å². The summed E-state index contributed by atoms with van der Waals surface area (Å²) in [6, 6.07) is 0. The predicted octanol–water partition coefficient (Wildman–Crippen LogP) is 0.798. The first-order valence-electron chi connectivity index (χ1n) is 5.10. The van der Waals surface area contributed by atoms with Gasteiger partial charge in [-0.3, -0.25) is 9.69 Å². The smallest absolute Gasteiger partial charge is 0.319 e. The lowest BCUT2D eigenvalue weighted by Gasteiger charge is -2.11. The van der Waals surface area contributed by atoms with Gasteiger partial charge in [0.05, 0.1) is 20.2 Å². The maximum Gasteiger partial charge on any atom is 0.319 e. The van der Waals surface area contributed by atoms with Crippen LogP contribution in [0.5, 0.6) is 0 Å². The van der Waals surface area contributed by atoms with Gasteiger partial charge in [0.25, 0.3) is 0 Å². The Kier molecular flexibility index (Phi) is 4.42. The Morgan fingerprint density at radius 1 is 1.56 bits per heavy atom. The molecule has 0 radical (unpaired) electrons. The Morgan fingerprint density at radius 3 is 2.75 bits per heavy atom. The van der Waals surface area contributed by atoms with Crippen LogP contribution >= 0.6 is 0 Å². The normalized spacial score (nSPS) is 11.1. The highest BCUT2D eigenvalue weighted by Gasteiger charge is 2.13. The molecular weight excluding hydrogens is 210 g/mol. The molecule has 0 aliphatic rings. The van der Waals surface area contributed by atoms with Crippen LogP contribution in [-0.4, -0.2) is 41.7 Å². The minimum absolute atomic E-state index is 0.204. The number of hydrogen-bond acceptors (Lipinski definition) is 6. The highest BCUT2D eigenvalue weighted by atomic mass is 16.5. The third-order valence-electron chi connectivity index (χ3n) is 2.03. The van der Waals surface area contributed by atoms with Crippen molar-refractivity contribution in [1.82, 2.24) is 15.0 Å². The van der Waals surface area contributed by atoms with Gasteiger partial charge in [0.2, 0.25) is 5.89 Å². The number of rotatable bonds is 5. The number of carbonyl (C=O) groups excluding carboxylic acids is 1. The summed E-state index contributed by atoms with van der Waals surface area (Å²) in [6.45, 7) is 4.63. The first-order valence-corrected chi connectivity index (χ1v) is 5.10. The van der Waals surface area contributed by atoms with Gasteiger partial charge in [-0.1, -0.05) is 19.0 Å². The van der Waals surface area contributed by atoms with E-state index in [4.69, 9.17) is 4.52 Å². The first-order chi connectivity index (χ1) is 7.52. The Hall–Kier alpha value is -1.43. The molecule has 6 nitrogen and oxygen atoms in total. The van der Waals surface area contributed by atoms with E-state index >= 15 is 0 Å². The van der Waals surface area contributed by atoms with Gasteiger partial charge in [-0.2, -0.15) is 4.98 Å². The number of hydrogen-bond donors (Lipinski definition) is 0. The number of ether oxygens (including phenoxy) is 1. The van der Waals surface area contributed by atoms with E-state index in [0.717, 1.165) is 0 Å². The molecule has 1 rings (SSSR count). The second-order valence-electron chi connectivity index (χ2n) is 3.95. The van der Waals surface area contributed by atoms with Gasteiger partial charge in [-0.05, 0) is 7.05 Å². The van der Waals surface area contributed by atoms with Crippen molar-refractivity contribution in [3.8, 4) is 0 Å². The summed E-state index contributed by atoms with van der Waals surface area (Å²) < 4.78 is 9.61. The lowest BCUT2D eigenvalue weighted by Crippen LogP contribution is -2.26. The fraction of sp³-hybridized carbons (Fsp3) is 0.700. The highest BCUT2D eigenvalue weighted by Crippen LogP contribution is 2.10. The van der Waals surface area contributed by atoms with Gasteiger partial charge in [0.1, 0.15) is 0 Å². The van der Waals surface area contributed by atoms with E-state index in [0.29, 0.717) is 18.3 Å². The Labute approximate surface area is 94.6 Å². The van der Waals surface area contributed by atoms with E-state index in [1.165, 1.54) is 7.11 Å². The van der Waals surface area contributed by atoms with Gasteiger partial charge < -0.3 is 9.26 Å². The Morgan fingerprint density at radius 2 is 2.25 bits per heavy atom. The van der Waals surface area contributed by atoms with Crippen LogP contribution in [0.15, 0.2) is 4.52 Å². The van der Waals surface area contributed by atoms with Crippen molar-refractivity contribution < 1.29 is 14.1 Å². The molecule has 0 spiro atoms. The summed E-state index contributed by atoms with van der Waals surface area (Å²) in [5, 5.41) is 3.84. The third-order valence-corrected chi connectivity index (χ3v) is 2.03. The molecule has 0 amide bonds. The number of nitrogens with zero attached hydrogens (tertiary/aromatic N) is 3. The number of methoxy groups -OCH3 is 1. The van der Waals surface area contributed by atoms with Crippen LogP contribution in [0.2, 0.25) is 0 Å². The van der Waals surface area contributed by atoms with Crippen LogP contribution in [0, 0.1) is 0 Å². The monoisotopic (exact) mass is 227 g/mol. The molecule has 0 aliphatic heterocycles. The van der Waals surface area contributed by atoms with Crippen molar-refractivity contribution in [2.24, 2.45) is 0 Å². The van der Waals surface area contributed by atoms with Crippen molar-refractivity contribution >= 4 is 5.97 Å². The summed E-state index contributed by atoms with van der Waals surface area (Å²) in [7, 11) is 3.15. The van der Waals surface area contributed by atoms with Crippen LogP contribution < -0.4 is 0 Å². The molecule has 0 unspecified atom stereocenters. The molecule has 0 atom stereocenters. The predicted molar refractivity (Wildman–Crippen MR) is 56.7 cm³/mol. The molecule has 0 fully saturated rings. The minimum atomic E-state index is -0.286. The second-order valence-corrected chi connectivity index (χ2v) is 3.95. The number of esters is 1. The molecule has 0 N–H and O–H groups in total. The molecule has 0 aromatic carbocycles. The third kappa shape index (κ3) is 3.62. The van der Waals surface area contributed by atoms with E-state index in [1.807, 2.05) is 13.8 Å². The lowest BCUT2D eigenvalue weighted by molar-refractivity contribution is -0.141. The van der Waals surface area contributed by atoms with Crippen molar-refractivity contribution in [1.29, 1.82) is 0 Å². The van der Waals surface area contributed by atoms with Crippen LogP contribution in [0.25, 0.3) is 0 Å². The van der Waals surface area contributed by atoms with E-state index in [1.54, 1.807) is 11.9 Å².